The van der Waals surface area contributed by atoms with Gasteiger partial charge in [0.15, 0.2) is 5.65 Å². The maximum absolute atomic E-state index is 3.92. The molecule has 0 aliphatic heterocycles. The standard InChI is InChI=1S/C9H5BrN4/c10-7-3-1-6-2-4-9-11-12-13-14(9)8(6)5-7/h1-5H. The summed E-state index contributed by atoms with van der Waals surface area (Å²) < 4.78 is 2.74. The molecule has 0 N–H and O–H groups in total. The van der Waals surface area contributed by atoms with Crippen LogP contribution in [-0.2, 0) is 0 Å². The summed E-state index contributed by atoms with van der Waals surface area (Å²) in [6.07, 6.45) is 0. The molecule has 2 aromatic heterocycles. The molecular formula is C9H5BrN4. The van der Waals surface area contributed by atoms with Crippen molar-refractivity contribution in [1.29, 1.82) is 0 Å². The highest BCUT2D eigenvalue weighted by Crippen LogP contribution is 2.19. The van der Waals surface area contributed by atoms with Crippen LogP contribution in [0.5, 0.6) is 0 Å². The minimum atomic E-state index is 0.760. The molecule has 0 bridgehead atoms. The third-order valence-corrected chi connectivity index (χ3v) is 2.62. The molecule has 0 fully saturated rings. The fourth-order valence-corrected chi connectivity index (χ4v) is 1.82. The Hall–Kier alpha value is -1.49. The van der Waals surface area contributed by atoms with Crippen molar-refractivity contribution in [1.82, 2.24) is 20.0 Å². The second-order valence-electron chi connectivity index (χ2n) is 2.99. The maximum atomic E-state index is 3.92. The molecule has 3 aromatic rings. The number of benzene rings is 1. The van der Waals surface area contributed by atoms with Crippen molar-refractivity contribution < 1.29 is 0 Å². The molecule has 0 radical (unpaired) electrons. The Morgan fingerprint density at radius 1 is 1.14 bits per heavy atom. The lowest BCUT2D eigenvalue weighted by Crippen LogP contribution is -1.90. The van der Waals surface area contributed by atoms with Gasteiger partial charge in [0.25, 0.3) is 0 Å². The lowest BCUT2D eigenvalue weighted by Gasteiger charge is -1.99. The number of hydrogen-bond acceptors (Lipinski definition) is 3. The van der Waals surface area contributed by atoms with Crippen LogP contribution in [-0.4, -0.2) is 20.0 Å². The summed E-state index contributed by atoms with van der Waals surface area (Å²) in [5, 5.41) is 12.6. The molecule has 0 saturated heterocycles. The number of pyridine rings is 1. The van der Waals surface area contributed by atoms with Gasteiger partial charge in [-0.1, -0.05) is 22.0 Å². The third-order valence-electron chi connectivity index (χ3n) is 2.13. The van der Waals surface area contributed by atoms with Crippen LogP contribution in [0.25, 0.3) is 16.6 Å². The van der Waals surface area contributed by atoms with E-state index >= 15 is 0 Å². The number of fused-ring (bicyclic) bond motifs is 3. The van der Waals surface area contributed by atoms with Crippen LogP contribution in [0.1, 0.15) is 0 Å². The van der Waals surface area contributed by atoms with Crippen LogP contribution in [0.4, 0.5) is 0 Å². The maximum Gasteiger partial charge on any atom is 0.179 e. The van der Waals surface area contributed by atoms with Crippen LogP contribution in [0.3, 0.4) is 0 Å². The lowest BCUT2D eigenvalue weighted by molar-refractivity contribution is 0.841. The van der Waals surface area contributed by atoms with E-state index in [1.165, 1.54) is 0 Å². The molecular weight excluding hydrogens is 244 g/mol. The van der Waals surface area contributed by atoms with Crippen molar-refractivity contribution in [2.75, 3.05) is 0 Å². The van der Waals surface area contributed by atoms with Crippen molar-refractivity contribution in [2.45, 2.75) is 0 Å². The van der Waals surface area contributed by atoms with Gasteiger partial charge in [-0.3, -0.25) is 0 Å². The van der Waals surface area contributed by atoms with Crippen LogP contribution >= 0.6 is 15.9 Å². The normalized spacial score (nSPS) is 11.2. The zero-order valence-electron chi connectivity index (χ0n) is 7.05. The molecule has 0 aliphatic rings. The van der Waals surface area contributed by atoms with E-state index in [0.717, 1.165) is 21.0 Å². The van der Waals surface area contributed by atoms with E-state index in [0.29, 0.717) is 0 Å². The molecule has 3 rings (SSSR count). The molecule has 0 atom stereocenters. The largest absolute Gasteiger partial charge is 0.193 e. The molecule has 0 unspecified atom stereocenters. The Morgan fingerprint density at radius 2 is 2.00 bits per heavy atom. The lowest BCUT2D eigenvalue weighted by atomic mass is 10.2. The summed E-state index contributed by atoms with van der Waals surface area (Å²) in [6, 6.07) is 9.93. The number of halogens is 1. The third kappa shape index (κ3) is 1.02. The van der Waals surface area contributed by atoms with Gasteiger partial charge in [0.05, 0.1) is 5.52 Å². The zero-order chi connectivity index (χ0) is 9.54. The van der Waals surface area contributed by atoms with Gasteiger partial charge in [-0.05, 0) is 34.7 Å². The van der Waals surface area contributed by atoms with Crippen LogP contribution in [0.2, 0.25) is 0 Å². The van der Waals surface area contributed by atoms with E-state index < -0.39 is 0 Å². The first-order valence-electron chi connectivity index (χ1n) is 4.11. The second kappa shape index (κ2) is 2.75. The van der Waals surface area contributed by atoms with Crippen molar-refractivity contribution >= 4 is 32.5 Å². The molecule has 0 amide bonds. The van der Waals surface area contributed by atoms with Gasteiger partial charge in [0.2, 0.25) is 0 Å². The average molecular weight is 249 g/mol. The van der Waals surface area contributed by atoms with E-state index in [-0.39, 0.29) is 0 Å². The Bertz CT molecular complexity index is 616. The van der Waals surface area contributed by atoms with Gasteiger partial charge in [0.1, 0.15) is 0 Å². The Morgan fingerprint density at radius 3 is 2.93 bits per heavy atom. The molecule has 0 aliphatic carbocycles. The van der Waals surface area contributed by atoms with E-state index in [9.17, 15) is 0 Å². The van der Waals surface area contributed by atoms with Crippen LogP contribution < -0.4 is 0 Å². The highest BCUT2D eigenvalue weighted by atomic mass is 79.9. The first kappa shape index (κ1) is 7.87. The monoisotopic (exact) mass is 248 g/mol. The average Bonchev–Trinajstić information content (AvgIpc) is 2.65. The molecule has 68 valence electrons. The highest BCUT2D eigenvalue weighted by Gasteiger charge is 2.02. The predicted molar refractivity (Wildman–Crippen MR) is 56.0 cm³/mol. The summed E-state index contributed by atoms with van der Waals surface area (Å²) in [5.74, 6) is 0. The summed E-state index contributed by atoms with van der Waals surface area (Å²) >= 11 is 3.42. The van der Waals surface area contributed by atoms with E-state index in [1.54, 1.807) is 4.52 Å². The minimum absolute atomic E-state index is 0.760. The van der Waals surface area contributed by atoms with E-state index in [1.807, 2.05) is 30.3 Å². The number of aromatic nitrogens is 4. The second-order valence-corrected chi connectivity index (χ2v) is 3.90. The summed E-state index contributed by atoms with van der Waals surface area (Å²) in [4.78, 5) is 0. The van der Waals surface area contributed by atoms with Gasteiger partial charge in [0, 0.05) is 9.86 Å². The number of nitrogens with zero attached hydrogens (tertiary/aromatic N) is 4. The first-order valence-corrected chi connectivity index (χ1v) is 4.90. The molecule has 1 aromatic carbocycles. The molecule has 14 heavy (non-hydrogen) atoms. The predicted octanol–water partition coefficient (Wildman–Crippen LogP) is 2.04. The Balaban J connectivity index is 2.60. The van der Waals surface area contributed by atoms with Crippen LogP contribution in [0, 0.1) is 0 Å². The van der Waals surface area contributed by atoms with Crippen molar-refractivity contribution in [2.24, 2.45) is 0 Å². The van der Waals surface area contributed by atoms with Crippen LogP contribution in [0.15, 0.2) is 34.8 Å². The quantitative estimate of drug-likeness (QED) is 0.612. The minimum Gasteiger partial charge on any atom is -0.193 e. The fourth-order valence-electron chi connectivity index (χ4n) is 1.48. The topological polar surface area (TPSA) is 43.1 Å². The Kier molecular flexibility index (Phi) is 1.55. The fraction of sp³-hybridized carbons (Fsp3) is 0. The molecule has 2 heterocycles. The van der Waals surface area contributed by atoms with Gasteiger partial charge < -0.3 is 0 Å². The van der Waals surface area contributed by atoms with E-state index in [4.69, 9.17) is 0 Å². The first-order chi connectivity index (χ1) is 6.84. The zero-order valence-corrected chi connectivity index (χ0v) is 8.64. The van der Waals surface area contributed by atoms with Gasteiger partial charge in [-0.2, -0.15) is 4.52 Å². The number of hydrogen-bond donors (Lipinski definition) is 0. The van der Waals surface area contributed by atoms with Crippen molar-refractivity contribution in [3.63, 3.8) is 0 Å². The number of rotatable bonds is 0. The Labute approximate surface area is 87.7 Å². The molecule has 5 heteroatoms. The summed E-state index contributed by atoms with van der Waals surface area (Å²) in [7, 11) is 0. The molecule has 4 nitrogen and oxygen atoms in total. The SMILES string of the molecule is Brc1ccc2ccc3nnnn3c2c1. The van der Waals surface area contributed by atoms with Gasteiger partial charge >= 0.3 is 0 Å². The molecule has 0 spiro atoms. The highest BCUT2D eigenvalue weighted by molar-refractivity contribution is 9.10. The summed E-state index contributed by atoms with van der Waals surface area (Å²) in [5.41, 5.74) is 1.76. The van der Waals surface area contributed by atoms with E-state index in [2.05, 4.69) is 31.5 Å². The van der Waals surface area contributed by atoms with Crippen molar-refractivity contribution in [3.8, 4) is 0 Å². The summed E-state index contributed by atoms with van der Waals surface area (Å²) in [6.45, 7) is 0. The smallest absolute Gasteiger partial charge is 0.179 e. The van der Waals surface area contributed by atoms with Crippen molar-refractivity contribution in [3.05, 3.63) is 34.8 Å². The number of tetrazole rings is 1. The van der Waals surface area contributed by atoms with Gasteiger partial charge in [-0.25, -0.2) is 0 Å². The van der Waals surface area contributed by atoms with Gasteiger partial charge in [-0.15, -0.1) is 5.10 Å². The molecule has 0 saturated carbocycles.